The van der Waals surface area contributed by atoms with Crippen molar-refractivity contribution in [2.24, 2.45) is 0 Å². The van der Waals surface area contributed by atoms with E-state index in [1.165, 1.54) is 22.3 Å². The van der Waals surface area contributed by atoms with Crippen LogP contribution in [0.4, 0.5) is 0 Å². The van der Waals surface area contributed by atoms with E-state index >= 15 is 0 Å². The molecule has 0 unspecified atom stereocenters. The third-order valence-corrected chi connectivity index (χ3v) is 4.56. The molecule has 0 aliphatic heterocycles. The van der Waals surface area contributed by atoms with Crippen molar-refractivity contribution in [3.63, 3.8) is 0 Å². The summed E-state index contributed by atoms with van der Waals surface area (Å²) in [7, 11) is 1.69. The first-order valence-corrected chi connectivity index (χ1v) is 9.51. The molecule has 3 rings (SSSR count). The van der Waals surface area contributed by atoms with Gasteiger partial charge < -0.3 is 10.1 Å². The zero-order valence-electron chi connectivity index (χ0n) is 15.9. The van der Waals surface area contributed by atoms with Gasteiger partial charge in [0.1, 0.15) is 5.75 Å². The van der Waals surface area contributed by atoms with Crippen LogP contribution in [0.1, 0.15) is 29.5 Å². The summed E-state index contributed by atoms with van der Waals surface area (Å²) in [6.45, 7) is 1.89. The molecule has 138 valence electrons. The predicted molar refractivity (Wildman–Crippen MR) is 114 cm³/mol. The van der Waals surface area contributed by atoms with Gasteiger partial charge in [-0.2, -0.15) is 0 Å². The third kappa shape index (κ3) is 5.83. The van der Waals surface area contributed by atoms with E-state index in [0.29, 0.717) is 0 Å². The molecule has 3 aromatic rings. The normalized spacial score (nSPS) is 10.4. The van der Waals surface area contributed by atoms with Crippen LogP contribution in [0.15, 0.2) is 91.0 Å². The Kier molecular flexibility index (Phi) is 7.25. The molecule has 2 heteroatoms. The van der Waals surface area contributed by atoms with Crippen LogP contribution in [0.5, 0.6) is 5.75 Å². The number of methoxy groups -OCH3 is 1. The SMILES string of the molecule is COc1ccc(CNCCCC=C(c2ccccc2)c2ccccc2)cc1. The highest BCUT2D eigenvalue weighted by atomic mass is 16.5. The van der Waals surface area contributed by atoms with Crippen LogP contribution in [-0.2, 0) is 6.54 Å². The Hall–Kier alpha value is -2.84. The highest BCUT2D eigenvalue weighted by molar-refractivity contribution is 5.79. The number of hydrogen-bond acceptors (Lipinski definition) is 2. The Bertz CT molecular complexity index is 782. The van der Waals surface area contributed by atoms with Gasteiger partial charge in [0.25, 0.3) is 0 Å². The van der Waals surface area contributed by atoms with Crippen molar-refractivity contribution in [1.82, 2.24) is 5.32 Å². The van der Waals surface area contributed by atoms with Crippen molar-refractivity contribution >= 4 is 5.57 Å². The second-order valence-corrected chi connectivity index (χ2v) is 6.52. The van der Waals surface area contributed by atoms with Crippen LogP contribution in [0.3, 0.4) is 0 Å². The molecule has 1 N–H and O–H groups in total. The quantitative estimate of drug-likeness (QED) is 0.496. The number of nitrogens with one attached hydrogen (secondary N) is 1. The topological polar surface area (TPSA) is 21.3 Å². The molecule has 0 aliphatic carbocycles. The van der Waals surface area contributed by atoms with Crippen molar-refractivity contribution in [1.29, 1.82) is 0 Å². The van der Waals surface area contributed by atoms with E-state index in [1.54, 1.807) is 7.11 Å². The summed E-state index contributed by atoms with van der Waals surface area (Å²) in [5.74, 6) is 0.901. The van der Waals surface area contributed by atoms with Gasteiger partial charge >= 0.3 is 0 Å². The van der Waals surface area contributed by atoms with Gasteiger partial charge in [0.05, 0.1) is 7.11 Å². The average molecular weight is 357 g/mol. The van der Waals surface area contributed by atoms with Gasteiger partial charge in [0.15, 0.2) is 0 Å². The number of benzene rings is 3. The lowest BCUT2D eigenvalue weighted by Gasteiger charge is -2.09. The van der Waals surface area contributed by atoms with E-state index in [-0.39, 0.29) is 0 Å². The Morgan fingerprint density at radius 2 is 1.41 bits per heavy atom. The minimum absolute atomic E-state index is 0.887. The van der Waals surface area contributed by atoms with Gasteiger partial charge in [-0.1, -0.05) is 78.9 Å². The first-order chi connectivity index (χ1) is 13.4. The van der Waals surface area contributed by atoms with E-state index in [0.717, 1.165) is 31.7 Å². The molecule has 0 heterocycles. The van der Waals surface area contributed by atoms with Crippen molar-refractivity contribution in [2.45, 2.75) is 19.4 Å². The van der Waals surface area contributed by atoms with Crippen LogP contribution in [0.2, 0.25) is 0 Å². The van der Waals surface area contributed by atoms with Gasteiger partial charge in [-0.15, -0.1) is 0 Å². The molecule has 0 fully saturated rings. The Morgan fingerprint density at radius 3 is 1.96 bits per heavy atom. The van der Waals surface area contributed by atoms with E-state index in [9.17, 15) is 0 Å². The Labute approximate surface area is 162 Å². The molecule has 0 saturated carbocycles. The summed E-state index contributed by atoms with van der Waals surface area (Å²) in [6.07, 6.45) is 4.52. The van der Waals surface area contributed by atoms with E-state index in [1.807, 2.05) is 12.1 Å². The standard InChI is InChI=1S/C25H27NO/c1-27-24-17-15-21(16-18-24)20-26-19-9-8-14-25(22-10-4-2-5-11-22)23-12-6-3-7-13-23/h2-7,10-18,26H,8-9,19-20H2,1H3. The van der Waals surface area contributed by atoms with Gasteiger partial charge in [-0.25, -0.2) is 0 Å². The Balaban J connectivity index is 1.52. The minimum atomic E-state index is 0.887. The molecule has 0 amide bonds. The van der Waals surface area contributed by atoms with Crippen molar-refractivity contribution in [3.8, 4) is 5.75 Å². The first kappa shape index (κ1) is 18.9. The largest absolute Gasteiger partial charge is 0.497 e. The molecule has 0 radical (unpaired) electrons. The maximum Gasteiger partial charge on any atom is 0.118 e. The van der Waals surface area contributed by atoms with Crippen LogP contribution in [0.25, 0.3) is 5.57 Å². The van der Waals surface area contributed by atoms with Crippen LogP contribution in [0, 0.1) is 0 Å². The maximum absolute atomic E-state index is 5.20. The summed E-state index contributed by atoms with van der Waals surface area (Å²) < 4.78 is 5.20. The molecule has 27 heavy (non-hydrogen) atoms. The number of hydrogen-bond donors (Lipinski definition) is 1. The second-order valence-electron chi connectivity index (χ2n) is 6.52. The van der Waals surface area contributed by atoms with E-state index in [4.69, 9.17) is 4.74 Å². The second kappa shape index (κ2) is 10.3. The van der Waals surface area contributed by atoms with Crippen molar-refractivity contribution in [3.05, 3.63) is 108 Å². The highest BCUT2D eigenvalue weighted by Gasteiger charge is 2.03. The first-order valence-electron chi connectivity index (χ1n) is 9.51. The van der Waals surface area contributed by atoms with Gasteiger partial charge in [0.2, 0.25) is 0 Å². The molecule has 3 aromatic carbocycles. The van der Waals surface area contributed by atoms with Crippen LogP contribution in [-0.4, -0.2) is 13.7 Å². The summed E-state index contributed by atoms with van der Waals surface area (Å²) in [6, 6.07) is 29.5. The van der Waals surface area contributed by atoms with Crippen LogP contribution < -0.4 is 10.1 Å². The molecule has 0 bridgehead atoms. The molecule has 0 saturated heterocycles. The van der Waals surface area contributed by atoms with Crippen molar-refractivity contribution < 1.29 is 4.74 Å². The van der Waals surface area contributed by atoms with Crippen LogP contribution >= 0.6 is 0 Å². The molecule has 0 aromatic heterocycles. The molecular formula is C25H27NO. The van der Waals surface area contributed by atoms with Gasteiger partial charge in [-0.3, -0.25) is 0 Å². The summed E-state index contributed by atoms with van der Waals surface area (Å²) >= 11 is 0. The summed E-state index contributed by atoms with van der Waals surface area (Å²) in [4.78, 5) is 0. The Morgan fingerprint density at radius 1 is 0.815 bits per heavy atom. The monoisotopic (exact) mass is 357 g/mol. The fourth-order valence-corrected chi connectivity index (χ4v) is 3.09. The summed E-state index contributed by atoms with van der Waals surface area (Å²) in [5, 5.41) is 3.52. The average Bonchev–Trinajstić information content (AvgIpc) is 2.75. The highest BCUT2D eigenvalue weighted by Crippen LogP contribution is 2.23. The van der Waals surface area contributed by atoms with Gasteiger partial charge in [0, 0.05) is 6.54 Å². The maximum atomic E-state index is 5.20. The number of allylic oxidation sites excluding steroid dienone is 1. The lowest BCUT2D eigenvalue weighted by atomic mass is 9.96. The fourth-order valence-electron chi connectivity index (χ4n) is 3.09. The molecular weight excluding hydrogens is 330 g/mol. The third-order valence-electron chi connectivity index (χ3n) is 4.56. The molecule has 0 spiro atoms. The molecule has 0 aliphatic rings. The van der Waals surface area contributed by atoms with E-state index in [2.05, 4.69) is 84.2 Å². The zero-order chi connectivity index (χ0) is 18.7. The van der Waals surface area contributed by atoms with E-state index < -0.39 is 0 Å². The van der Waals surface area contributed by atoms with Gasteiger partial charge in [-0.05, 0) is 53.8 Å². The predicted octanol–water partition coefficient (Wildman–Crippen LogP) is 5.70. The number of rotatable bonds is 9. The lowest BCUT2D eigenvalue weighted by molar-refractivity contribution is 0.414. The fraction of sp³-hybridized carbons (Fsp3) is 0.200. The number of ether oxygens (including phenoxy) is 1. The zero-order valence-corrected chi connectivity index (χ0v) is 15.9. The lowest BCUT2D eigenvalue weighted by Crippen LogP contribution is -2.14. The molecule has 2 nitrogen and oxygen atoms in total. The minimum Gasteiger partial charge on any atom is -0.497 e. The summed E-state index contributed by atoms with van der Waals surface area (Å²) in [5.41, 5.74) is 5.14. The smallest absolute Gasteiger partial charge is 0.118 e. The van der Waals surface area contributed by atoms with Crippen molar-refractivity contribution in [2.75, 3.05) is 13.7 Å². The molecule has 0 atom stereocenters. The number of unbranched alkanes of at least 4 members (excludes halogenated alkanes) is 1.